The first-order chi connectivity index (χ1) is 18.0. The van der Waals surface area contributed by atoms with Crippen LogP contribution in [-0.2, 0) is 25.7 Å². The predicted molar refractivity (Wildman–Crippen MR) is 134 cm³/mol. The van der Waals surface area contributed by atoms with Crippen LogP contribution in [0.4, 0.5) is 21.0 Å². The van der Waals surface area contributed by atoms with E-state index in [0.717, 1.165) is 13.2 Å². The zero-order chi connectivity index (χ0) is 28.0. The van der Waals surface area contributed by atoms with Gasteiger partial charge in [0.2, 0.25) is 5.91 Å². The van der Waals surface area contributed by atoms with Gasteiger partial charge in [-0.25, -0.2) is 19.3 Å². The summed E-state index contributed by atoms with van der Waals surface area (Å²) in [4.78, 5) is 73.9. The molecule has 1 saturated heterocycles. The predicted octanol–water partition coefficient (Wildman–Crippen LogP) is 3.12. The molecule has 200 valence electrons. The maximum absolute atomic E-state index is 13.3. The van der Waals surface area contributed by atoms with Crippen molar-refractivity contribution in [1.29, 1.82) is 0 Å². The summed E-state index contributed by atoms with van der Waals surface area (Å²) >= 11 is 3.81. The average Bonchev–Trinajstić information content (AvgIpc) is 3.36. The summed E-state index contributed by atoms with van der Waals surface area (Å²) in [5.74, 6) is -4.07. The fourth-order valence-electron chi connectivity index (χ4n) is 4.05. The number of ether oxygens (including phenoxy) is 2. The van der Waals surface area contributed by atoms with Gasteiger partial charge in [-0.15, -0.1) is 12.6 Å². The van der Waals surface area contributed by atoms with Crippen molar-refractivity contribution in [3.63, 3.8) is 0 Å². The van der Waals surface area contributed by atoms with E-state index in [4.69, 9.17) is 4.74 Å². The monoisotopic (exact) mass is 545 g/mol. The van der Waals surface area contributed by atoms with Crippen LogP contribution in [0.2, 0.25) is 0 Å². The number of hydrogen-bond acceptors (Lipinski definition) is 9. The molecule has 3 amide bonds. The Morgan fingerprint density at radius 3 is 2.45 bits per heavy atom. The van der Waals surface area contributed by atoms with Gasteiger partial charge in [-0.3, -0.25) is 19.7 Å². The second-order valence-corrected chi connectivity index (χ2v) is 8.73. The van der Waals surface area contributed by atoms with E-state index in [0.29, 0.717) is 10.5 Å². The second-order valence-electron chi connectivity index (χ2n) is 8.29. The number of thiol groups is 1. The number of hydrogen-bond donors (Lipinski definition) is 2. The summed E-state index contributed by atoms with van der Waals surface area (Å²) in [6, 6.07) is 10.6. The molecule has 13 nitrogen and oxygen atoms in total. The molecule has 0 radical (unpaired) electrons. The van der Waals surface area contributed by atoms with Crippen molar-refractivity contribution in [2.24, 2.45) is 11.8 Å². The van der Waals surface area contributed by atoms with E-state index in [2.05, 4.69) is 17.4 Å². The van der Waals surface area contributed by atoms with E-state index in [1.807, 2.05) is 0 Å². The molecule has 0 saturated carbocycles. The first kappa shape index (κ1) is 28.1. The van der Waals surface area contributed by atoms with Crippen LogP contribution < -0.4 is 4.90 Å². The Balaban J connectivity index is 1.71. The summed E-state index contributed by atoms with van der Waals surface area (Å²) in [6.45, 7) is -0.0911. The largest absolute Gasteiger partial charge is 0.465 e. The highest BCUT2D eigenvalue weighted by molar-refractivity contribution is 7.96. The number of carboxylic acid groups (broad SMARTS) is 1. The summed E-state index contributed by atoms with van der Waals surface area (Å²) in [7, 11) is 1.15. The van der Waals surface area contributed by atoms with Crippen molar-refractivity contribution in [3.05, 3.63) is 69.8 Å². The number of rotatable bonds is 8. The van der Waals surface area contributed by atoms with Crippen molar-refractivity contribution in [2.45, 2.75) is 13.0 Å². The van der Waals surface area contributed by atoms with Crippen LogP contribution >= 0.6 is 12.6 Å². The van der Waals surface area contributed by atoms with Gasteiger partial charge in [0.05, 0.1) is 23.3 Å². The smallest absolute Gasteiger partial charge is 0.418 e. The van der Waals surface area contributed by atoms with E-state index in [1.54, 1.807) is 0 Å². The first-order valence-electron chi connectivity index (χ1n) is 11.2. The van der Waals surface area contributed by atoms with Gasteiger partial charge in [0, 0.05) is 25.2 Å². The van der Waals surface area contributed by atoms with Crippen molar-refractivity contribution in [1.82, 2.24) is 4.90 Å². The highest BCUT2D eigenvalue weighted by atomic mass is 32.1. The molecule has 14 heteroatoms. The lowest BCUT2D eigenvalue weighted by atomic mass is 9.91. The first-order valence-corrected chi connectivity index (χ1v) is 11.6. The zero-order valence-electron chi connectivity index (χ0n) is 20.0. The molecule has 1 fully saturated rings. The van der Waals surface area contributed by atoms with Crippen LogP contribution in [0.5, 0.6) is 0 Å². The number of methoxy groups -OCH3 is 1. The van der Waals surface area contributed by atoms with E-state index >= 15 is 0 Å². The van der Waals surface area contributed by atoms with Crippen LogP contribution in [0.25, 0.3) is 0 Å². The third-order valence-electron chi connectivity index (χ3n) is 5.93. The van der Waals surface area contributed by atoms with Gasteiger partial charge < -0.3 is 19.5 Å². The summed E-state index contributed by atoms with van der Waals surface area (Å²) < 4.78 is 9.87. The lowest BCUT2D eigenvalue weighted by molar-refractivity contribution is -0.384. The van der Waals surface area contributed by atoms with Gasteiger partial charge in [-0.05, 0) is 48.2 Å². The molecule has 0 bridgehead atoms. The van der Waals surface area contributed by atoms with E-state index in [-0.39, 0.29) is 43.1 Å². The average molecular weight is 546 g/mol. The minimum atomic E-state index is -1.67. The SMILES string of the molecule is COC(=O)c1cccc(N(C(=O)O)C(=O)[C@@H](C(=O)S)[C@@H]2CCN(C(=O)OCc3ccc([N+](=O)[O-])cc3)C2)c1. The molecule has 2 aromatic carbocycles. The molecular formula is C24H23N3O10S. The molecule has 0 aliphatic carbocycles. The number of esters is 1. The van der Waals surface area contributed by atoms with Crippen LogP contribution in [0.15, 0.2) is 48.5 Å². The van der Waals surface area contributed by atoms with Crippen LogP contribution in [-0.4, -0.2) is 64.3 Å². The topological polar surface area (TPSA) is 174 Å². The Morgan fingerprint density at radius 1 is 1.18 bits per heavy atom. The van der Waals surface area contributed by atoms with Gasteiger partial charge in [0.1, 0.15) is 12.5 Å². The van der Waals surface area contributed by atoms with Gasteiger partial charge in [0.25, 0.3) is 5.69 Å². The molecule has 38 heavy (non-hydrogen) atoms. The lowest BCUT2D eigenvalue weighted by Gasteiger charge is -2.26. The lowest BCUT2D eigenvalue weighted by Crippen LogP contribution is -2.45. The third-order valence-corrected chi connectivity index (χ3v) is 6.21. The highest BCUT2D eigenvalue weighted by Gasteiger charge is 2.43. The quantitative estimate of drug-likeness (QED) is 0.165. The number of anilines is 1. The molecule has 2 aromatic rings. The zero-order valence-corrected chi connectivity index (χ0v) is 20.9. The van der Waals surface area contributed by atoms with Crippen molar-refractivity contribution in [2.75, 3.05) is 25.1 Å². The van der Waals surface area contributed by atoms with Gasteiger partial charge >= 0.3 is 18.2 Å². The second kappa shape index (κ2) is 12.2. The Morgan fingerprint density at radius 2 is 1.87 bits per heavy atom. The molecule has 1 heterocycles. The van der Waals surface area contributed by atoms with Crippen molar-refractivity contribution in [3.8, 4) is 0 Å². The molecule has 1 aliphatic heterocycles. The summed E-state index contributed by atoms with van der Waals surface area (Å²) in [5, 5.41) is 19.6. The minimum absolute atomic E-state index is 0.000563. The normalized spacial score (nSPS) is 15.3. The van der Waals surface area contributed by atoms with E-state index < -0.39 is 45.9 Å². The number of carbonyl (C=O) groups is 5. The van der Waals surface area contributed by atoms with Gasteiger partial charge in [0.15, 0.2) is 5.12 Å². The fourth-order valence-corrected chi connectivity index (χ4v) is 4.37. The summed E-state index contributed by atoms with van der Waals surface area (Å²) in [5.41, 5.74) is 0.245. The molecule has 1 aliphatic rings. The van der Waals surface area contributed by atoms with Gasteiger partial charge in [-0.1, -0.05) is 6.07 Å². The Bertz CT molecular complexity index is 1270. The highest BCUT2D eigenvalue weighted by Crippen LogP contribution is 2.30. The maximum atomic E-state index is 13.3. The number of nitrogens with zero attached hydrogens (tertiary/aromatic N) is 3. The number of nitro groups is 1. The maximum Gasteiger partial charge on any atom is 0.418 e. The van der Waals surface area contributed by atoms with Crippen molar-refractivity contribution < 1.29 is 43.5 Å². The van der Waals surface area contributed by atoms with Crippen molar-refractivity contribution >= 4 is 53.2 Å². The molecule has 2 atom stereocenters. The molecule has 3 rings (SSSR count). The number of benzene rings is 2. The number of amides is 3. The number of non-ortho nitro benzene ring substituents is 1. The van der Waals surface area contributed by atoms with Crippen LogP contribution in [0, 0.1) is 22.0 Å². The molecular weight excluding hydrogens is 522 g/mol. The number of nitro benzene ring substituents is 1. The third kappa shape index (κ3) is 6.45. The molecule has 0 spiro atoms. The van der Waals surface area contributed by atoms with E-state index in [9.17, 15) is 39.2 Å². The number of imide groups is 1. The standard InChI is InChI=1S/C24H23N3O10S/c1-36-21(29)15-3-2-4-18(11-15)26(23(31)32)20(28)19(22(30)38)16-9-10-25(12-16)24(33)37-13-14-5-7-17(8-6-14)27(34)35/h2-8,11,16,19H,9-10,12-13H2,1H3,(H,30,38)(H,31,32)/t16-,19+/m1/s1. The molecule has 0 aromatic heterocycles. The molecule has 0 unspecified atom stereocenters. The number of likely N-dealkylation sites (tertiary alicyclic amines) is 1. The summed E-state index contributed by atoms with van der Waals surface area (Å²) in [6.07, 6.45) is -2.20. The minimum Gasteiger partial charge on any atom is -0.465 e. The Hall–Kier alpha value is -4.46. The Kier molecular flexibility index (Phi) is 9.02. The fraction of sp³-hybridized carbons (Fsp3) is 0.292. The molecule has 1 N–H and O–H groups in total. The van der Waals surface area contributed by atoms with Crippen LogP contribution in [0.1, 0.15) is 22.3 Å². The van der Waals surface area contributed by atoms with E-state index in [1.165, 1.54) is 47.4 Å². The number of carbonyl (C=O) groups excluding carboxylic acids is 4. The van der Waals surface area contributed by atoms with Gasteiger partial charge in [-0.2, -0.15) is 0 Å². The Labute approximate surface area is 221 Å². The van der Waals surface area contributed by atoms with Crippen LogP contribution in [0.3, 0.4) is 0 Å².